The van der Waals surface area contributed by atoms with Gasteiger partial charge in [0.2, 0.25) is 11.9 Å². The Morgan fingerprint density at radius 3 is 2.65 bits per heavy atom. The van der Waals surface area contributed by atoms with Crippen molar-refractivity contribution in [1.82, 2.24) is 29.3 Å². The van der Waals surface area contributed by atoms with E-state index < -0.39 is 9.84 Å². The molecule has 0 bridgehead atoms. The average Bonchev–Trinajstić information content (AvgIpc) is 3.49. The van der Waals surface area contributed by atoms with Crippen LogP contribution in [0.15, 0.2) is 42.7 Å². The molecule has 4 aromatic rings. The molecular weight excluding hydrogens is 534 g/mol. The second-order valence-electron chi connectivity index (χ2n) is 10.1. The lowest BCUT2D eigenvalue weighted by atomic mass is 9.89. The Labute approximate surface area is 232 Å². The van der Waals surface area contributed by atoms with Crippen molar-refractivity contribution in [1.29, 1.82) is 0 Å². The Balaban J connectivity index is 1.37. The highest BCUT2D eigenvalue weighted by Crippen LogP contribution is 2.35. The molecule has 1 aromatic carbocycles. The summed E-state index contributed by atoms with van der Waals surface area (Å²) >= 11 is 0. The van der Waals surface area contributed by atoms with E-state index in [0.29, 0.717) is 35.5 Å². The Morgan fingerprint density at radius 1 is 1.18 bits per heavy atom. The maximum Gasteiger partial charge on any atom is 0.245 e. The van der Waals surface area contributed by atoms with Crippen LogP contribution in [0.4, 0.5) is 17.5 Å². The van der Waals surface area contributed by atoms with Gasteiger partial charge in [0.25, 0.3) is 0 Å². The topological polar surface area (TPSA) is 162 Å². The van der Waals surface area contributed by atoms with Crippen LogP contribution in [0.2, 0.25) is 0 Å². The normalized spacial score (nSPS) is 14.9. The molecule has 1 fully saturated rings. The van der Waals surface area contributed by atoms with Crippen molar-refractivity contribution in [2.24, 2.45) is 12.8 Å². The Bertz CT molecular complexity index is 1640. The molecule has 0 saturated carbocycles. The maximum atomic E-state index is 11.7. The van der Waals surface area contributed by atoms with Crippen LogP contribution in [-0.4, -0.2) is 82.5 Å². The minimum atomic E-state index is -3.24. The number of likely N-dealkylation sites (tertiary alicyclic amines) is 1. The molecule has 1 aliphatic rings. The van der Waals surface area contributed by atoms with E-state index in [1.165, 1.54) is 5.56 Å². The fourth-order valence-corrected chi connectivity index (χ4v) is 5.40. The summed E-state index contributed by atoms with van der Waals surface area (Å²) in [5, 5.41) is 15.3. The molecule has 13 nitrogen and oxygen atoms in total. The van der Waals surface area contributed by atoms with E-state index in [1.807, 2.05) is 30.5 Å². The number of nitrogens with zero attached hydrogens (tertiary/aromatic N) is 6. The smallest absolute Gasteiger partial charge is 0.245 e. The minimum Gasteiger partial charge on any atom is -0.495 e. The largest absolute Gasteiger partial charge is 0.495 e. The molecule has 5 rings (SSSR count). The third-order valence-corrected chi connectivity index (χ3v) is 7.58. The van der Waals surface area contributed by atoms with Crippen molar-refractivity contribution in [3.05, 3.63) is 48.3 Å². The lowest BCUT2D eigenvalue weighted by molar-refractivity contribution is -0.119. The van der Waals surface area contributed by atoms with Crippen molar-refractivity contribution in [3.63, 3.8) is 0 Å². The van der Waals surface area contributed by atoms with E-state index in [4.69, 9.17) is 15.6 Å². The van der Waals surface area contributed by atoms with Gasteiger partial charge in [-0.05, 0) is 61.7 Å². The van der Waals surface area contributed by atoms with Crippen molar-refractivity contribution in [2.45, 2.75) is 18.8 Å². The molecule has 3 aromatic heterocycles. The van der Waals surface area contributed by atoms with E-state index in [0.717, 1.165) is 49.1 Å². The van der Waals surface area contributed by atoms with Crippen LogP contribution < -0.4 is 21.1 Å². The van der Waals surface area contributed by atoms with Gasteiger partial charge in [-0.1, -0.05) is 6.07 Å². The summed E-state index contributed by atoms with van der Waals surface area (Å²) in [5.74, 6) is 1.32. The lowest BCUT2D eigenvalue weighted by Gasteiger charge is -2.31. The van der Waals surface area contributed by atoms with E-state index in [9.17, 15) is 13.2 Å². The standard InChI is InChI=1S/C26H33N9O4S/c1-33-14-20(25(31-33)29-16-40(3,37)38)22-7-5-19-13-28-26(32-35(19)22)30-21-6-4-18(12-23(21)39-2)17-8-10-34(11-9-17)15-24(27)36/h4-7,12-14,17H,8-11,15-16H2,1-3H3,(H2,27,36)(H,29,31)(H,30,32). The van der Waals surface area contributed by atoms with E-state index in [2.05, 4.69) is 31.7 Å². The van der Waals surface area contributed by atoms with E-state index >= 15 is 0 Å². The number of amides is 1. The van der Waals surface area contributed by atoms with Gasteiger partial charge in [0, 0.05) is 19.5 Å². The molecule has 0 atom stereocenters. The van der Waals surface area contributed by atoms with Gasteiger partial charge in [0.15, 0.2) is 15.7 Å². The summed E-state index contributed by atoms with van der Waals surface area (Å²) < 4.78 is 32.4. The van der Waals surface area contributed by atoms with Crippen LogP contribution in [0.25, 0.3) is 16.8 Å². The number of anilines is 3. The fourth-order valence-electron chi connectivity index (χ4n) is 5.00. The highest BCUT2D eigenvalue weighted by atomic mass is 32.2. The lowest BCUT2D eigenvalue weighted by Crippen LogP contribution is -2.39. The molecule has 4 heterocycles. The second kappa shape index (κ2) is 11.1. The van der Waals surface area contributed by atoms with Gasteiger partial charge in [0.1, 0.15) is 11.6 Å². The van der Waals surface area contributed by atoms with Crippen LogP contribution in [0, 0.1) is 0 Å². The minimum absolute atomic E-state index is 0.232. The number of aromatic nitrogens is 5. The number of carbonyl (C=O) groups is 1. The molecule has 212 valence electrons. The zero-order valence-corrected chi connectivity index (χ0v) is 23.5. The first-order valence-electron chi connectivity index (χ1n) is 12.9. The number of nitrogens with two attached hydrogens (primary N) is 1. The molecule has 14 heteroatoms. The quantitative estimate of drug-likeness (QED) is 0.258. The number of hydrogen-bond acceptors (Lipinski definition) is 10. The highest BCUT2D eigenvalue weighted by Gasteiger charge is 2.23. The van der Waals surface area contributed by atoms with Gasteiger partial charge in [0.05, 0.1) is 42.3 Å². The van der Waals surface area contributed by atoms with Gasteiger partial charge in [-0.3, -0.25) is 14.4 Å². The first-order valence-corrected chi connectivity index (χ1v) is 14.9. The van der Waals surface area contributed by atoms with Crippen molar-refractivity contribution < 1.29 is 17.9 Å². The van der Waals surface area contributed by atoms with E-state index in [-0.39, 0.29) is 11.8 Å². The molecule has 0 unspecified atom stereocenters. The zero-order chi connectivity index (χ0) is 28.4. The number of aryl methyl sites for hydroxylation is 1. The Morgan fingerprint density at radius 2 is 1.95 bits per heavy atom. The number of piperidine rings is 1. The van der Waals surface area contributed by atoms with Crippen molar-refractivity contribution in [3.8, 4) is 17.0 Å². The Hall–Kier alpha value is -4.17. The van der Waals surface area contributed by atoms with Crippen LogP contribution in [-0.2, 0) is 21.7 Å². The molecule has 0 aliphatic carbocycles. The predicted octanol–water partition coefficient (Wildman–Crippen LogP) is 1.96. The first-order chi connectivity index (χ1) is 19.1. The van der Waals surface area contributed by atoms with Crippen LogP contribution in [0.1, 0.15) is 24.3 Å². The van der Waals surface area contributed by atoms with Crippen molar-refractivity contribution in [2.75, 3.05) is 49.5 Å². The summed E-state index contributed by atoms with van der Waals surface area (Å²) in [5.41, 5.74) is 9.45. The number of carbonyl (C=O) groups excluding carboxylic acids is 1. The Kier molecular flexibility index (Phi) is 7.63. The van der Waals surface area contributed by atoms with Crippen LogP contribution in [0.5, 0.6) is 5.75 Å². The summed E-state index contributed by atoms with van der Waals surface area (Å²) in [6.45, 7) is 1.95. The second-order valence-corrected chi connectivity index (χ2v) is 12.2. The summed E-state index contributed by atoms with van der Waals surface area (Å²) in [6, 6.07) is 9.85. The molecule has 0 spiro atoms. The number of benzene rings is 1. The molecule has 0 radical (unpaired) electrons. The number of nitrogens with one attached hydrogen (secondary N) is 2. The number of hydrogen-bond donors (Lipinski definition) is 3. The summed E-state index contributed by atoms with van der Waals surface area (Å²) in [4.78, 5) is 17.8. The fraction of sp³-hybridized carbons (Fsp3) is 0.385. The van der Waals surface area contributed by atoms with Gasteiger partial charge < -0.3 is 21.1 Å². The van der Waals surface area contributed by atoms with Crippen LogP contribution >= 0.6 is 0 Å². The van der Waals surface area contributed by atoms with Crippen LogP contribution in [0.3, 0.4) is 0 Å². The first kappa shape index (κ1) is 27.4. The van der Waals surface area contributed by atoms with E-state index in [1.54, 1.807) is 29.6 Å². The molecule has 1 saturated heterocycles. The zero-order valence-electron chi connectivity index (χ0n) is 22.7. The van der Waals surface area contributed by atoms with Crippen molar-refractivity contribution >= 4 is 38.7 Å². The average molecular weight is 568 g/mol. The van der Waals surface area contributed by atoms with Gasteiger partial charge in [-0.25, -0.2) is 17.9 Å². The molecule has 1 aliphatic heterocycles. The SMILES string of the molecule is COc1cc(C2CCN(CC(N)=O)CC2)ccc1Nc1ncc2ccc(-c3cn(C)nc3NCS(C)(=O)=O)n2n1. The number of sulfone groups is 1. The monoisotopic (exact) mass is 567 g/mol. The number of ether oxygens (including phenoxy) is 1. The van der Waals surface area contributed by atoms with Gasteiger partial charge >= 0.3 is 0 Å². The third-order valence-electron chi connectivity index (χ3n) is 6.92. The van der Waals surface area contributed by atoms with Gasteiger partial charge in [-0.2, -0.15) is 5.10 Å². The maximum absolute atomic E-state index is 11.7. The molecule has 40 heavy (non-hydrogen) atoms. The number of methoxy groups -OCH3 is 1. The molecule has 4 N–H and O–H groups in total. The van der Waals surface area contributed by atoms with Gasteiger partial charge in [-0.15, -0.1) is 5.10 Å². The number of rotatable bonds is 10. The number of primary amides is 1. The number of fused-ring (bicyclic) bond motifs is 1. The highest BCUT2D eigenvalue weighted by molar-refractivity contribution is 7.90. The third kappa shape index (κ3) is 6.18. The summed E-state index contributed by atoms with van der Waals surface area (Å²) in [6.07, 6.45) is 6.56. The molecule has 1 amide bonds. The molecular formula is C26H33N9O4S. The summed E-state index contributed by atoms with van der Waals surface area (Å²) in [7, 11) is 0.157. The predicted molar refractivity (Wildman–Crippen MR) is 152 cm³/mol.